The maximum absolute atomic E-state index is 11.8. The predicted molar refractivity (Wildman–Crippen MR) is 104 cm³/mol. The van der Waals surface area contributed by atoms with Gasteiger partial charge in [0.2, 0.25) is 23.4 Å². The minimum absolute atomic E-state index is 0.283. The molecular formula is C19H32N2O9. The van der Waals surface area contributed by atoms with Gasteiger partial charge in [0.05, 0.1) is 13.2 Å². The number of ketones is 3. The van der Waals surface area contributed by atoms with Crippen LogP contribution in [0.5, 0.6) is 0 Å². The number of aliphatic hydroxyl groups is 4. The summed E-state index contributed by atoms with van der Waals surface area (Å²) in [6.45, 7) is 4.40. The summed E-state index contributed by atoms with van der Waals surface area (Å²) in [5.41, 5.74) is -2.19. The molecule has 0 aromatic carbocycles. The van der Waals surface area contributed by atoms with Crippen LogP contribution >= 0.6 is 0 Å². The molecular weight excluding hydrogens is 400 g/mol. The van der Waals surface area contributed by atoms with Crippen LogP contribution in [-0.4, -0.2) is 88.1 Å². The highest BCUT2D eigenvalue weighted by Gasteiger charge is 2.34. The summed E-state index contributed by atoms with van der Waals surface area (Å²) >= 11 is 0. The fraction of sp³-hybridized carbons (Fsp3) is 0.737. The van der Waals surface area contributed by atoms with E-state index in [1.807, 2.05) is 0 Å². The highest BCUT2D eigenvalue weighted by molar-refractivity contribution is 6.63. The quantitative estimate of drug-likeness (QED) is 0.127. The molecule has 0 saturated heterocycles. The summed E-state index contributed by atoms with van der Waals surface area (Å²) in [4.78, 5) is 58.9. The molecule has 0 spiro atoms. The molecule has 0 aliphatic carbocycles. The second kappa shape index (κ2) is 11.8. The molecule has 0 rings (SSSR count). The topological polar surface area (TPSA) is 190 Å². The number of hydrogen-bond donors (Lipinski definition) is 6. The van der Waals surface area contributed by atoms with Crippen LogP contribution in [0.4, 0.5) is 0 Å². The first-order valence-electron chi connectivity index (χ1n) is 9.45. The Morgan fingerprint density at radius 1 is 0.700 bits per heavy atom. The maximum atomic E-state index is 11.8. The van der Waals surface area contributed by atoms with Crippen LogP contribution in [0, 0.1) is 10.8 Å². The number of amides is 2. The van der Waals surface area contributed by atoms with Crippen molar-refractivity contribution in [3.8, 4) is 0 Å². The van der Waals surface area contributed by atoms with E-state index in [9.17, 15) is 34.2 Å². The standard InChI is InChI=1S/C19H32N2O9/c1-18(2,9-22)14(27)16(29)20-7-5-11(24)13(26)12(25)6-8-21-17(30)15(28)19(3,4)10-23/h14-15,22-23,27-28H,5-10H2,1-4H3,(H,20,29)(H,21,30)/t14-,15-/m0/s1. The van der Waals surface area contributed by atoms with Gasteiger partial charge in [-0.25, -0.2) is 0 Å². The van der Waals surface area contributed by atoms with Crippen LogP contribution in [-0.2, 0) is 24.0 Å². The Morgan fingerprint density at radius 3 is 1.27 bits per heavy atom. The number of carbonyl (C=O) groups excluding carboxylic acids is 5. The zero-order valence-electron chi connectivity index (χ0n) is 17.7. The van der Waals surface area contributed by atoms with Crippen molar-refractivity contribution in [2.24, 2.45) is 10.8 Å². The minimum Gasteiger partial charge on any atom is -0.396 e. The average molecular weight is 432 g/mol. The van der Waals surface area contributed by atoms with Gasteiger partial charge >= 0.3 is 0 Å². The lowest BCUT2D eigenvalue weighted by Gasteiger charge is -2.27. The largest absolute Gasteiger partial charge is 0.396 e. The number of rotatable bonds is 14. The molecule has 0 aliphatic heterocycles. The third-order valence-electron chi connectivity index (χ3n) is 4.60. The zero-order valence-corrected chi connectivity index (χ0v) is 17.7. The van der Waals surface area contributed by atoms with E-state index in [0.29, 0.717) is 0 Å². The Labute approximate surface area is 174 Å². The van der Waals surface area contributed by atoms with Gasteiger partial charge in [-0.05, 0) is 0 Å². The highest BCUT2D eigenvalue weighted by Crippen LogP contribution is 2.20. The lowest BCUT2D eigenvalue weighted by Crippen LogP contribution is -2.46. The molecule has 0 bridgehead atoms. The molecule has 30 heavy (non-hydrogen) atoms. The van der Waals surface area contributed by atoms with Crippen LogP contribution in [0.3, 0.4) is 0 Å². The van der Waals surface area contributed by atoms with Gasteiger partial charge in [0.1, 0.15) is 12.2 Å². The third-order valence-corrected chi connectivity index (χ3v) is 4.60. The molecule has 11 nitrogen and oxygen atoms in total. The van der Waals surface area contributed by atoms with E-state index in [1.54, 1.807) is 0 Å². The van der Waals surface area contributed by atoms with Crippen molar-refractivity contribution in [1.82, 2.24) is 10.6 Å². The number of nitrogens with one attached hydrogen (secondary N) is 2. The number of carbonyl (C=O) groups is 5. The summed E-state index contributed by atoms with van der Waals surface area (Å²) in [5, 5.41) is 42.4. The van der Waals surface area contributed by atoms with Crippen molar-refractivity contribution >= 4 is 29.2 Å². The second-order valence-corrected chi connectivity index (χ2v) is 8.36. The molecule has 0 fully saturated rings. The van der Waals surface area contributed by atoms with Crippen molar-refractivity contribution in [3.63, 3.8) is 0 Å². The van der Waals surface area contributed by atoms with E-state index in [0.717, 1.165) is 0 Å². The van der Waals surface area contributed by atoms with Crippen molar-refractivity contribution in [2.75, 3.05) is 26.3 Å². The Kier molecular flexibility index (Phi) is 11.0. The van der Waals surface area contributed by atoms with Crippen molar-refractivity contribution in [1.29, 1.82) is 0 Å². The zero-order chi connectivity index (χ0) is 23.7. The van der Waals surface area contributed by atoms with Crippen LogP contribution < -0.4 is 10.6 Å². The van der Waals surface area contributed by atoms with E-state index in [-0.39, 0.29) is 13.1 Å². The van der Waals surface area contributed by atoms with Crippen LogP contribution in [0.25, 0.3) is 0 Å². The number of hydrogen-bond acceptors (Lipinski definition) is 9. The summed E-state index contributed by atoms with van der Waals surface area (Å²) in [6.07, 6.45) is -3.97. The molecule has 0 aromatic heterocycles. The van der Waals surface area contributed by atoms with Crippen molar-refractivity contribution in [3.05, 3.63) is 0 Å². The van der Waals surface area contributed by atoms with Gasteiger partial charge in [0.15, 0.2) is 0 Å². The SMILES string of the molecule is CC(C)(CO)[C@@H](O)C(=O)NCCC(=O)C(=O)C(=O)CCNC(=O)[C@H](O)C(C)(C)CO. The van der Waals surface area contributed by atoms with E-state index in [1.165, 1.54) is 27.7 Å². The van der Waals surface area contributed by atoms with Crippen LogP contribution in [0.2, 0.25) is 0 Å². The van der Waals surface area contributed by atoms with Gasteiger partial charge < -0.3 is 31.1 Å². The van der Waals surface area contributed by atoms with Crippen LogP contribution in [0.15, 0.2) is 0 Å². The third kappa shape index (κ3) is 8.27. The Morgan fingerprint density at radius 2 is 1.00 bits per heavy atom. The molecule has 0 radical (unpaired) electrons. The van der Waals surface area contributed by atoms with Crippen LogP contribution in [0.1, 0.15) is 40.5 Å². The maximum Gasteiger partial charge on any atom is 0.264 e. The molecule has 0 saturated carbocycles. The van der Waals surface area contributed by atoms with Gasteiger partial charge in [-0.2, -0.15) is 0 Å². The van der Waals surface area contributed by atoms with Gasteiger partial charge in [-0.1, -0.05) is 27.7 Å². The highest BCUT2D eigenvalue weighted by atomic mass is 16.3. The van der Waals surface area contributed by atoms with Gasteiger partial charge in [0, 0.05) is 36.8 Å². The lowest BCUT2D eigenvalue weighted by molar-refractivity contribution is -0.144. The summed E-state index contributed by atoms with van der Waals surface area (Å²) in [5.74, 6) is -5.01. The van der Waals surface area contributed by atoms with Gasteiger partial charge in [-0.3, -0.25) is 24.0 Å². The van der Waals surface area contributed by atoms with E-state index < -0.39 is 78.3 Å². The normalized spacial score (nSPS) is 13.9. The lowest BCUT2D eigenvalue weighted by atomic mass is 9.87. The average Bonchev–Trinajstić information content (AvgIpc) is 2.71. The first-order valence-corrected chi connectivity index (χ1v) is 9.45. The Bertz CT molecular complexity index is 604. The first-order chi connectivity index (χ1) is 13.7. The molecule has 6 N–H and O–H groups in total. The fourth-order valence-corrected chi connectivity index (χ4v) is 2.06. The minimum atomic E-state index is -1.52. The second-order valence-electron chi connectivity index (χ2n) is 8.36. The van der Waals surface area contributed by atoms with Gasteiger partial charge in [-0.15, -0.1) is 0 Å². The molecule has 0 unspecified atom stereocenters. The molecule has 0 heterocycles. The number of aliphatic hydroxyl groups excluding tert-OH is 4. The summed E-state index contributed by atoms with van der Waals surface area (Å²) in [6, 6.07) is 0. The molecule has 2 atom stereocenters. The predicted octanol–water partition coefficient (Wildman–Crippen LogP) is -2.53. The Hall–Kier alpha value is -2.21. The number of Topliss-reactive ketones (excluding diaryl/α,β-unsaturated/α-hetero) is 3. The van der Waals surface area contributed by atoms with Crippen molar-refractivity contribution < 1.29 is 44.4 Å². The van der Waals surface area contributed by atoms with Crippen molar-refractivity contribution in [2.45, 2.75) is 52.7 Å². The van der Waals surface area contributed by atoms with E-state index >= 15 is 0 Å². The molecule has 172 valence electrons. The fourth-order valence-electron chi connectivity index (χ4n) is 2.06. The molecule has 11 heteroatoms. The molecule has 0 aromatic rings. The smallest absolute Gasteiger partial charge is 0.264 e. The van der Waals surface area contributed by atoms with E-state index in [2.05, 4.69) is 10.6 Å². The van der Waals surface area contributed by atoms with Gasteiger partial charge in [0.25, 0.3) is 5.78 Å². The van der Waals surface area contributed by atoms with E-state index in [4.69, 9.17) is 10.2 Å². The monoisotopic (exact) mass is 432 g/mol. The molecule has 0 aliphatic rings. The summed E-state index contributed by atoms with van der Waals surface area (Å²) < 4.78 is 0. The first kappa shape index (κ1) is 27.8. The molecule has 2 amide bonds. The summed E-state index contributed by atoms with van der Waals surface area (Å²) in [7, 11) is 0. The Balaban J connectivity index is 4.40.